The molecule has 0 fully saturated rings. The van der Waals surface area contributed by atoms with Crippen molar-refractivity contribution in [3.05, 3.63) is 41.6 Å². The molecule has 1 aliphatic heterocycles. The second-order valence-electron chi connectivity index (χ2n) is 7.28. The minimum absolute atomic E-state index is 0.152. The number of aromatic nitrogens is 1. The number of rotatable bonds is 3. The van der Waals surface area contributed by atoms with E-state index < -0.39 is 0 Å². The Balaban J connectivity index is 1.77. The van der Waals surface area contributed by atoms with Crippen LogP contribution in [0.25, 0.3) is 16.5 Å². The summed E-state index contributed by atoms with van der Waals surface area (Å²) >= 11 is 0. The predicted molar refractivity (Wildman–Crippen MR) is 97.9 cm³/mol. The van der Waals surface area contributed by atoms with Crippen molar-refractivity contribution >= 4 is 22.4 Å². The molecule has 25 heavy (non-hydrogen) atoms. The van der Waals surface area contributed by atoms with Crippen LogP contribution in [-0.4, -0.2) is 40.8 Å². The van der Waals surface area contributed by atoms with E-state index in [0.717, 1.165) is 28.5 Å². The van der Waals surface area contributed by atoms with Gasteiger partial charge in [-0.3, -0.25) is 4.79 Å². The molecule has 1 N–H and O–H groups in total. The van der Waals surface area contributed by atoms with Gasteiger partial charge in [0.1, 0.15) is 0 Å². The van der Waals surface area contributed by atoms with Crippen LogP contribution in [-0.2, 0) is 11.2 Å². The van der Waals surface area contributed by atoms with Crippen molar-refractivity contribution in [1.29, 1.82) is 0 Å². The number of benzene rings is 1. The standard InChI is InChI=1S/C20H24FN3O/c1-4-23(12(2)3)20(25)13-8-16-15-6-5-7-18-19(15)14(11-24(18)21)9-17(16)22-10-13/h5-8,11-13,17,22H,4,9-10H2,1-3H3/t13-,17-/m1/s1. The summed E-state index contributed by atoms with van der Waals surface area (Å²) in [4.78, 5) is 15.5. The molecule has 0 saturated carbocycles. The van der Waals surface area contributed by atoms with Crippen molar-refractivity contribution in [1.82, 2.24) is 15.0 Å². The van der Waals surface area contributed by atoms with Gasteiger partial charge in [-0.15, -0.1) is 0 Å². The van der Waals surface area contributed by atoms with E-state index in [4.69, 9.17) is 0 Å². The highest BCUT2D eigenvalue weighted by atomic mass is 19.2. The first kappa shape index (κ1) is 16.3. The zero-order valence-corrected chi connectivity index (χ0v) is 14.9. The van der Waals surface area contributed by atoms with Gasteiger partial charge in [0.15, 0.2) is 0 Å². The average Bonchev–Trinajstić information content (AvgIpc) is 2.92. The molecular weight excluding hydrogens is 317 g/mol. The van der Waals surface area contributed by atoms with Gasteiger partial charge >= 0.3 is 0 Å². The first-order chi connectivity index (χ1) is 12.0. The molecule has 1 aromatic heterocycles. The van der Waals surface area contributed by atoms with Crippen molar-refractivity contribution in [3.63, 3.8) is 0 Å². The molecule has 1 aliphatic carbocycles. The molecule has 0 bridgehead atoms. The molecule has 4 nitrogen and oxygen atoms in total. The Bertz CT molecular complexity index is 867. The summed E-state index contributed by atoms with van der Waals surface area (Å²) < 4.78 is 14.1. The third-order valence-electron chi connectivity index (χ3n) is 5.50. The lowest BCUT2D eigenvalue weighted by molar-refractivity contribution is -0.135. The highest BCUT2D eigenvalue weighted by molar-refractivity contribution is 5.99. The minimum atomic E-state index is -0.169. The lowest BCUT2D eigenvalue weighted by Crippen LogP contribution is -2.48. The largest absolute Gasteiger partial charge is 0.340 e. The first-order valence-corrected chi connectivity index (χ1v) is 9.06. The van der Waals surface area contributed by atoms with Crippen LogP contribution in [0.15, 0.2) is 30.5 Å². The van der Waals surface area contributed by atoms with Crippen LogP contribution in [0.2, 0.25) is 0 Å². The smallest absolute Gasteiger partial charge is 0.231 e. The van der Waals surface area contributed by atoms with Crippen molar-refractivity contribution in [3.8, 4) is 0 Å². The summed E-state index contributed by atoms with van der Waals surface area (Å²) in [5.41, 5.74) is 3.83. The van der Waals surface area contributed by atoms with E-state index in [2.05, 4.69) is 11.4 Å². The van der Waals surface area contributed by atoms with Gasteiger partial charge in [0.05, 0.1) is 11.4 Å². The molecule has 5 heteroatoms. The van der Waals surface area contributed by atoms with Gasteiger partial charge in [-0.05, 0) is 50.0 Å². The summed E-state index contributed by atoms with van der Waals surface area (Å²) in [6, 6.07) is 6.07. The third-order valence-corrected chi connectivity index (χ3v) is 5.50. The molecule has 0 saturated heterocycles. The maximum absolute atomic E-state index is 14.1. The molecule has 2 heterocycles. The first-order valence-electron chi connectivity index (χ1n) is 9.06. The summed E-state index contributed by atoms with van der Waals surface area (Å²) in [5.74, 6) is -0.00477. The molecule has 2 aliphatic rings. The van der Waals surface area contributed by atoms with E-state index in [1.807, 2.05) is 37.8 Å². The fourth-order valence-corrected chi connectivity index (χ4v) is 4.32. The third kappa shape index (κ3) is 2.49. The topological polar surface area (TPSA) is 37.3 Å². The quantitative estimate of drug-likeness (QED) is 0.931. The summed E-state index contributed by atoms with van der Waals surface area (Å²) in [5, 5.41) is 4.50. The van der Waals surface area contributed by atoms with Crippen molar-refractivity contribution in [2.45, 2.75) is 39.3 Å². The summed E-state index contributed by atoms with van der Waals surface area (Å²) in [6.07, 6.45) is 4.46. The van der Waals surface area contributed by atoms with Gasteiger partial charge in [0.25, 0.3) is 0 Å². The molecule has 1 amide bonds. The molecule has 0 radical (unpaired) electrons. The molecular formula is C20H24FN3O. The van der Waals surface area contributed by atoms with Crippen molar-refractivity contribution in [2.24, 2.45) is 5.92 Å². The lowest BCUT2D eigenvalue weighted by Gasteiger charge is -2.36. The molecule has 4 rings (SSSR count). The van der Waals surface area contributed by atoms with E-state index in [-0.39, 0.29) is 23.9 Å². The number of nitrogens with one attached hydrogen (secondary N) is 1. The summed E-state index contributed by atoms with van der Waals surface area (Å²) in [7, 11) is 0. The second-order valence-corrected chi connectivity index (χ2v) is 7.28. The van der Waals surface area contributed by atoms with E-state index in [0.29, 0.717) is 23.4 Å². The Morgan fingerprint density at radius 2 is 2.24 bits per heavy atom. The molecule has 2 atom stereocenters. The number of halogens is 1. The number of carbonyl (C=O) groups is 1. The number of nitrogens with zero attached hydrogens (tertiary/aromatic N) is 2. The Morgan fingerprint density at radius 3 is 2.96 bits per heavy atom. The van der Waals surface area contributed by atoms with Crippen molar-refractivity contribution < 1.29 is 9.28 Å². The molecule has 1 aromatic carbocycles. The van der Waals surface area contributed by atoms with Gasteiger partial charge < -0.3 is 10.2 Å². The predicted octanol–water partition coefficient (Wildman–Crippen LogP) is 3.16. The maximum Gasteiger partial charge on any atom is 0.231 e. The molecule has 2 aromatic rings. The minimum Gasteiger partial charge on any atom is -0.340 e. The number of carbonyl (C=O) groups excluding carboxylic acids is 1. The zero-order chi connectivity index (χ0) is 17.7. The van der Waals surface area contributed by atoms with E-state index in [9.17, 15) is 9.28 Å². The van der Waals surface area contributed by atoms with Gasteiger partial charge in [-0.2, -0.15) is 4.79 Å². The average molecular weight is 341 g/mol. The molecule has 132 valence electrons. The highest BCUT2D eigenvalue weighted by Gasteiger charge is 2.34. The molecule has 0 spiro atoms. The van der Waals surface area contributed by atoms with Crippen LogP contribution in [0.3, 0.4) is 0 Å². The van der Waals surface area contributed by atoms with E-state index in [1.54, 1.807) is 12.3 Å². The van der Waals surface area contributed by atoms with Gasteiger partial charge in [0.2, 0.25) is 5.91 Å². The maximum atomic E-state index is 14.1. The second kappa shape index (κ2) is 5.99. The van der Waals surface area contributed by atoms with Gasteiger partial charge in [-0.25, -0.2) is 0 Å². The Hall–Kier alpha value is -2.14. The van der Waals surface area contributed by atoms with Crippen LogP contribution in [0.5, 0.6) is 0 Å². The van der Waals surface area contributed by atoms with Crippen LogP contribution in [0, 0.1) is 5.92 Å². The fraction of sp³-hybridized carbons (Fsp3) is 0.450. The highest BCUT2D eigenvalue weighted by Crippen LogP contribution is 2.39. The number of fused-ring (bicyclic) bond motifs is 2. The summed E-state index contributed by atoms with van der Waals surface area (Å²) in [6.45, 7) is 7.46. The number of amides is 1. The monoisotopic (exact) mass is 341 g/mol. The molecule has 0 unspecified atom stereocenters. The van der Waals surface area contributed by atoms with E-state index in [1.165, 1.54) is 0 Å². The van der Waals surface area contributed by atoms with Gasteiger partial charge in [0, 0.05) is 36.8 Å². The van der Waals surface area contributed by atoms with Crippen LogP contribution < -0.4 is 5.32 Å². The van der Waals surface area contributed by atoms with Gasteiger partial charge in [-0.1, -0.05) is 22.7 Å². The lowest BCUT2D eigenvalue weighted by atomic mass is 9.80. The number of hydrogen-bond donors (Lipinski definition) is 1. The Morgan fingerprint density at radius 1 is 1.44 bits per heavy atom. The fourth-order valence-electron chi connectivity index (χ4n) is 4.32. The van der Waals surface area contributed by atoms with Crippen LogP contribution >= 0.6 is 0 Å². The SMILES string of the molecule is CCN(C(=O)[C@@H]1C=C2c3cccc4c3c(cn4F)C[C@H]2NC1)C(C)C. The normalized spacial score (nSPS) is 22.0. The van der Waals surface area contributed by atoms with Crippen molar-refractivity contribution in [2.75, 3.05) is 13.1 Å². The zero-order valence-electron chi connectivity index (χ0n) is 14.9. The Labute approximate surface area is 147 Å². The van der Waals surface area contributed by atoms with Crippen LogP contribution in [0.1, 0.15) is 31.9 Å². The Kier molecular flexibility index (Phi) is 3.91. The van der Waals surface area contributed by atoms with Crippen LogP contribution in [0.4, 0.5) is 4.48 Å². The number of hydrogen-bond acceptors (Lipinski definition) is 2. The van der Waals surface area contributed by atoms with E-state index >= 15 is 0 Å².